The number of carbonyl (C=O) groups excluding carboxylic acids is 1. The lowest BCUT2D eigenvalue weighted by Crippen LogP contribution is -2.63. The maximum Gasteiger partial charge on any atom is 0.319 e. The van der Waals surface area contributed by atoms with E-state index < -0.39 is 52.9 Å². The second-order valence-corrected chi connectivity index (χ2v) is 17.5. The molecule has 4 aliphatic heterocycles. The number of alkyl halides is 3. The number of hydrogen-bond donors (Lipinski definition) is 2. The third-order valence-corrected chi connectivity index (χ3v) is 13.7. The highest BCUT2D eigenvalue weighted by Crippen LogP contribution is 2.52. The van der Waals surface area contributed by atoms with Crippen LogP contribution < -0.4 is 15.4 Å². The van der Waals surface area contributed by atoms with E-state index in [-0.39, 0.29) is 98.2 Å². The van der Waals surface area contributed by atoms with Crippen molar-refractivity contribution < 1.29 is 36.6 Å². The molecule has 1 saturated carbocycles. The van der Waals surface area contributed by atoms with E-state index in [0.717, 1.165) is 30.4 Å². The number of benzene rings is 2. The zero-order chi connectivity index (χ0) is 38.6. The van der Waals surface area contributed by atoms with Gasteiger partial charge < -0.3 is 25.4 Å². The van der Waals surface area contributed by atoms with Gasteiger partial charge in [-0.1, -0.05) is 17.7 Å². The van der Waals surface area contributed by atoms with E-state index in [2.05, 4.69) is 9.88 Å². The molecule has 0 bridgehead atoms. The first kappa shape index (κ1) is 36.6. The summed E-state index contributed by atoms with van der Waals surface area (Å²) in [6.07, 6.45) is 1.45. The Morgan fingerprint density at radius 3 is 2.67 bits per heavy atom. The standard InChI is InChI=1S/C38H37ClF5N7O3S/c39-25-8-22-30(29(42)28(25)21-2-3-26(41)31-27(21)23(12-45)32(46)55-31)47-35(54-18-37-5-1-6-51(37)13-20(40)10-37)48-33(22)49-7-4-19(14-52)9-36(15-49)16-50(17-36)34(53)24-11-38(24,43)44/h2-3,8,19-20,24,52H,1,4-7,9-11,13-18,46H2/t19?,20-,24+,37+/m1/s1. The van der Waals surface area contributed by atoms with Crippen molar-refractivity contribution in [1.29, 1.82) is 5.26 Å². The molecule has 10 nitrogen and oxygen atoms in total. The molecular weight excluding hydrogens is 765 g/mol. The number of nitrogens with zero attached hydrogens (tertiary/aromatic N) is 6. The van der Waals surface area contributed by atoms with Gasteiger partial charge in [-0.3, -0.25) is 9.69 Å². The van der Waals surface area contributed by atoms with Crippen LogP contribution in [0.15, 0.2) is 18.2 Å². The quantitative estimate of drug-likeness (QED) is 0.200. The fourth-order valence-electron chi connectivity index (χ4n) is 9.66. The van der Waals surface area contributed by atoms with Gasteiger partial charge in [0, 0.05) is 73.9 Å². The van der Waals surface area contributed by atoms with E-state index in [1.165, 1.54) is 17.0 Å². The molecule has 1 amide bonds. The third-order valence-electron chi connectivity index (χ3n) is 12.4. The predicted octanol–water partition coefficient (Wildman–Crippen LogP) is 6.54. The molecule has 4 saturated heterocycles. The highest BCUT2D eigenvalue weighted by molar-refractivity contribution is 7.23. The molecular formula is C38H37ClF5N7O3S. The van der Waals surface area contributed by atoms with E-state index >= 15 is 8.78 Å². The number of halogens is 6. The number of aromatic nitrogens is 2. The third kappa shape index (κ3) is 5.95. The number of anilines is 2. The predicted molar refractivity (Wildman–Crippen MR) is 197 cm³/mol. The van der Waals surface area contributed by atoms with Crippen molar-refractivity contribution in [2.24, 2.45) is 17.3 Å². The topological polar surface area (TPSA) is 132 Å². The number of fused-ring (bicyclic) bond motifs is 3. The SMILES string of the molecule is N#Cc1c(N)sc2c(F)ccc(-c3c(Cl)cc4c(N5CCC(CO)CC6(CN(C(=O)[C@@H]7CC7(F)F)C6)C5)nc(OC[C@@]56CCCN5C[C@H](F)C6)nc4c3F)c12. The van der Waals surface area contributed by atoms with E-state index in [1.54, 1.807) is 0 Å². The van der Waals surface area contributed by atoms with Crippen LogP contribution in [0.4, 0.5) is 32.8 Å². The van der Waals surface area contributed by atoms with Crippen molar-refractivity contribution in [2.45, 2.75) is 56.2 Å². The molecule has 6 heterocycles. The van der Waals surface area contributed by atoms with Crippen LogP contribution in [0.5, 0.6) is 6.01 Å². The number of likely N-dealkylation sites (tertiary alicyclic amines) is 1. The smallest absolute Gasteiger partial charge is 0.319 e. The summed E-state index contributed by atoms with van der Waals surface area (Å²) in [5.41, 5.74) is 4.81. The van der Waals surface area contributed by atoms with Gasteiger partial charge in [0.1, 0.15) is 46.9 Å². The Hall–Kier alpha value is -4.04. The molecule has 9 rings (SSSR count). The van der Waals surface area contributed by atoms with E-state index in [1.807, 2.05) is 11.0 Å². The number of aliphatic hydroxyl groups is 1. The van der Waals surface area contributed by atoms with Gasteiger partial charge in [-0.2, -0.15) is 15.2 Å². The van der Waals surface area contributed by atoms with Crippen LogP contribution in [-0.4, -0.2) is 101 Å². The lowest BCUT2D eigenvalue weighted by molar-refractivity contribution is -0.147. The Kier molecular flexibility index (Phi) is 8.65. The maximum absolute atomic E-state index is 17.3. The maximum atomic E-state index is 17.3. The van der Waals surface area contributed by atoms with Crippen LogP contribution in [0.3, 0.4) is 0 Å². The molecule has 17 heteroatoms. The zero-order valence-corrected chi connectivity index (χ0v) is 31.1. The Bertz CT molecular complexity index is 2300. The molecule has 2 aromatic carbocycles. The van der Waals surface area contributed by atoms with Crippen LogP contribution >= 0.6 is 22.9 Å². The minimum absolute atomic E-state index is 0.00713. The molecule has 4 aromatic rings. The summed E-state index contributed by atoms with van der Waals surface area (Å²) in [5, 5.41) is 20.6. The number of hydrogen-bond acceptors (Lipinski definition) is 10. The van der Waals surface area contributed by atoms with E-state index in [4.69, 9.17) is 27.1 Å². The first-order valence-electron chi connectivity index (χ1n) is 18.4. The van der Waals surface area contributed by atoms with Gasteiger partial charge in [-0.25, -0.2) is 22.0 Å². The zero-order valence-electron chi connectivity index (χ0n) is 29.6. The van der Waals surface area contributed by atoms with Gasteiger partial charge in [0.2, 0.25) is 5.91 Å². The number of nitriles is 1. The van der Waals surface area contributed by atoms with Gasteiger partial charge >= 0.3 is 6.01 Å². The summed E-state index contributed by atoms with van der Waals surface area (Å²) < 4.78 is 81.0. The molecule has 1 aliphatic carbocycles. The van der Waals surface area contributed by atoms with Crippen molar-refractivity contribution in [3.63, 3.8) is 0 Å². The molecule has 4 atom stereocenters. The first-order valence-corrected chi connectivity index (χ1v) is 19.6. The van der Waals surface area contributed by atoms with Crippen molar-refractivity contribution in [1.82, 2.24) is 19.8 Å². The molecule has 55 heavy (non-hydrogen) atoms. The van der Waals surface area contributed by atoms with Crippen molar-refractivity contribution >= 4 is 60.7 Å². The average molecular weight is 802 g/mol. The first-order chi connectivity index (χ1) is 26.2. The minimum atomic E-state index is -2.99. The average Bonchev–Trinajstić information content (AvgIpc) is 3.31. The lowest BCUT2D eigenvalue weighted by Gasteiger charge is -2.52. The lowest BCUT2D eigenvalue weighted by atomic mass is 9.73. The van der Waals surface area contributed by atoms with Gasteiger partial charge in [0.05, 0.1) is 20.8 Å². The number of ether oxygens (including phenoxy) is 1. The molecule has 3 N–H and O–H groups in total. The number of thiophene rings is 1. The van der Waals surface area contributed by atoms with E-state index in [9.17, 15) is 28.3 Å². The molecule has 1 spiro atoms. The number of nitrogen functional groups attached to an aromatic ring is 1. The Balaban J connectivity index is 1.15. The van der Waals surface area contributed by atoms with Crippen molar-refractivity contribution in [2.75, 3.05) is 63.1 Å². The Labute approximate surface area is 321 Å². The minimum Gasteiger partial charge on any atom is -0.461 e. The number of amides is 1. The molecule has 1 unspecified atom stereocenters. The second kappa shape index (κ2) is 13.0. The fourth-order valence-corrected chi connectivity index (χ4v) is 10.9. The fraction of sp³-hybridized carbons (Fsp3) is 0.526. The summed E-state index contributed by atoms with van der Waals surface area (Å²) in [5.74, 6) is -6.27. The van der Waals surface area contributed by atoms with Gasteiger partial charge in [-0.05, 0) is 55.8 Å². The van der Waals surface area contributed by atoms with Gasteiger partial charge in [0.25, 0.3) is 5.92 Å². The van der Waals surface area contributed by atoms with Crippen LogP contribution in [-0.2, 0) is 4.79 Å². The largest absolute Gasteiger partial charge is 0.461 e. The number of carbonyl (C=O) groups is 1. The molecule has 2 aromatic heterocycles. The number of nitrogens with two attached hydrogens (primary N) is 1. The molecule has 5 aliphatic rings. The Morgan fingerprint density at radius 1 is 1.16 bits per heavy atom. The Morgan fingerprint density at radius 2 is 1.95 bits per heavy atom. The van der Waals surface area contributed by atoms with Gasteiger partial charge in [0.15, 0.2) is 5.82 Å². The normalized spacial score (nSPS) is 27.0. The van der Waals surface area contributed by atoms with E-state index in [0.29, 0.717) is 38.9 Å². The summed E-state index contributed by atoms with van der Waals surface area (Å²) in [7, 11) is 0. The second-order valence-electron chi connectivity index (χ2n) is 16.1. The monoisotopic (exact) mass is 801 g/mol. The van der Waals surface area contributed by atoms with Crippen LogP contribution in [0.25, 0.3) is 32.1 Å². The highest BCUT2D eigenvalue weighted by Gasteiger charge is 2.64. The summed E-state index contributed by atoms with van der Waals surface area (Å²) >= 11 is 7.79. The number of aliphatic hydroxyl groups excluding tert-OH is 1. The molecule has 5 fully saturated rings. The number of rotatable bonds is 7. The highest BCUT2D eigenvalue weighted by atomic mass is 35.5. The van der Waals surface area contributed by atoms with Crippen LogP contribution in [0.2, 0.25) is 5.02 Å². The van der Waals surface area contributed by atoms with Crippen molar-refractivity contribution in [3.05, 3.63) is 40.4 Å². The van der Waals surface area contributed by atoms with Crippen molar-refractivity contribution in [3.8, 4) is 23.2 Å². The summed E-state index contributed by atoms with van der Waals surface area (Å²) in [4.78, 5) is 27.7. The van der Waals surface area contributed by atoms with Crippen LogP contribution in [0.1, 0.15) is 44.1 Å². The summed E-state index contributed by atoms with van der Waals surface area (Å²) in [6.45, 7) is 2.08. The molecule has 0 radical (unpaired) electrons. The van der Waals surface area contributed by atoms with Gasteiger partial charge in [-0.15, -0.1) is 11.3 Å². The summed E-state index contributed by atoms with van der Waals surface area (Å²) in [6, 6.07) is 5.87. The molecule has 290 valence electrons. The van der Waals surface area contributed by atoms with Crippen LogP contribution in [0, 0.1) is 40.2 Å².